The summed E-state index contributed by atoms with van der Waals surface area (Å²) in [4.78, 5) is 41.2. The first-order valence-corrected chi connectivity index (χ1v) is 9.68. The van der Waals surface area contributed by atoms with Gasteiger partial charge < -0.3 is 10.2 Å². The van der Waals surface area contributed by atoms with Gasteiger partial charge in [-0.05, 0) is 43.2 Å². The lowest BCUT2D eigenvalue weighted by Gasteiger charge is -2.27. The zero-order valence-electron chi connectivity index (χ0n) is 16.5. The summed E-state index contributed by atoms with van der Waals surface area (Å²) >= 11 is 0. The van der Waals surface area contributed by atoms with Gasteiger partial charge >= 0.3 is 6.03 Å². The average Bonchev–Trinajstić information content (AvgIpc) is 2.96. The second kappa shape index (κ2) is 8.43. The van der Waals surface area contributed by atoms with E-state index in [0.717, 1.165) is 4.90 Å². The molecule has 152 valence electrons. The minimum Gasteiger partial charge on any atom is -0.319 e. The first-order chi connectivity index (χ1) is 13.9. The molecule has 7 heteroatoms. The van der Waals surface area contributed by atoms with Gasteiger partial charge in [-0.2, -0.15) is 0 Å². The van der Waals surface area contributed by atoms with Crippen molar-refractivity contribution < 1.29 is 18.8 Å². The number of nitrogens with zero attached hydrogens (tertiary/aromatic N) is 2. The summed E-state index contributed by atoms with van der Waals surface area (Å²) in [5, 5.41) is 2.81. The average molecular weight is 397 g/mol. The zero-order chi connectivity index (χ0) is 21.0. The first-order valence-electron chi connectivity index (χ1n) is 9.68. The fourth-order valence-electron chi connectivity index (χ4n) is 3.72. The summed E-state index contributed by atoms with van der Waals surface area (Å²) in [5.74, 6) is -1.25. The molecule has 2 aromatic rings. The van der Waals surface area contributed by atoms with Crippen molar-refractivity contribution >= 4 is 23.5 Å². The number of halogens is 1. The van der Waals surface area contributed by atoms with Crippen LogP contribution in [0.3, 0.4) is 0 Å². The summed E-state index contributed by atoms with van der Waals surface area (Å²) in [5.41, 5.74) is 0.0372. The quantitative estimate of drug-likeness (QED) is 0.728. The molecule has 0 unspecified atom stereocenters. The Morgan fingerprint density at radius 3 is 2.31 bits per heavy atom. The maximum absolute atomic E-state index is 13.3. The molecule has 1 aliphatic heterocycles. The van der Waals surface area contributed by atoms with Gasteiger partial charge in [0.2, 0.25) is 5.91 Å². The number of hydrogen-bond acceptors (Lipinski definition) is 3. The number of nitrogens with one attached hydrogen (secondary N) is 1. The smallest absolute Gasteiger partial charge is 0.319 e. The Bertz CT molecular complexity index is 901. The van der Waals surface area contributed by atoms with Crippen molar-refractivity contribution in [1.82, 2.24) is 10.2 Å². The predicted molar refractivity (Wildman–Crippen MR) is 108 cm³/mol. The number of likely N-dealkylation sites (N-methyl/N-ethyl adjacent to an activating group) is 1. The molecule has 0 saturated carbocycles. The Kier molecular flexibility index (Phi) is 5.96. The number of anilines is 1. The van der Waals surface area contributed by atoms with Gasteiger partial charge in [0, 0.05) is 12.2 Å². The minimum atomic E-state index is -1.17. The lowest BCUT2D eigenvalue weighted by Crippen LogP contribution is -2.46. The van der Waals surface area contributed by atoms with Crippen LogP contribution in [0.25, 0.3) is 0 Å². The van der Waals surface area contributed by atoms with Crippen molar-refractivity contribution in [1.29, 1.82) is 0 Å². The molecule has 1 atom stereocenters. The number of carbonyl (C=O) groups excluding carboxylic acids is 3. The second-order valence-electron chi connectivity index (χ2n) is 6.96. The summed E-state index contributed by atoms with van der Waals surface area (Å²) in [7, 11) is 0. The topological polar surface area (TPSA) is 69.7 Å². The molecule has 1 aliphatic rings. The molecule has 2 aromatic carbocycles. The normalized spacial score (nSPS) is 18.7. The largest absolute Gasteiger partial charge is 0.325 e. The predicted octanol–water partition coefficient (Wildman–Crippen LogP) is 3.43. The van der Waals surface area contributed by atoms with E-state index >= 15 is 0 Å². The molecule has 4 amide bonds. The Labute approximate surface area is 169 Å². The molecule has 0 spiro atoms. The van der Waals surface area contributed by atoms with Gasteiger partial charge in [-0.15, -0.1) is 0 Å². The highest BCUT2D eigenvalue weighted by molar-refractivity contribution is 6.10. The Hall–Kier alpha value is -3.22. The van der Waals surface area contributed by atoms with E-state index in [1.807, 2.05) is 25.1 Å². The molecule has 1 saturated heterocycles. The fourth-order valence-corrected chi connectivity index (χ4v) is 3.72. The Morgan fingerprint density at radius 2 is 1.72 bits per heavy atom. The molecule has 6 nitrogen and oxygen atoms in total. The van der Waals surface area contributed by atoms with Crippen LogP contribution in [0.1, 0.15) is 32.3 Å². The molecule has 1 heterocycles. The Balaban J connectivity index is 1.85. The van der Waals surface area contributed by atoms with E-state index in [9.17, 15) is 18.8 Å². The number of imide groups is 1. The van der Waals surface area contributed by atoms with Crippen LogP contribution in [0.2, 0.25) is 0 Å². The summed E-state index contributed by atoms with van der Waals surface area (Å²) in [6, 6.07) is 14.0. The minimum absolute atomic E-state index is 0.326. The van der Waals surface area contributed by atoms with Gasteiger partial charge in [-0.25, -0.2) is 9.18 Å². The number of hydrogen-bond donors (Lipinski definition) is 1. The van der Waals surface area contributed by atoms with E-state index in [1.165, 1.54) is 29.2 Å². The van der Waals surface area contributed by atoms with Gasteiger partial charge in [0.05, 0.1) is 0 Å². The lowest BCUT2D eigenvalue weighted by molar-refractivity contribution is -0.134. The maximum Gasteiger partial charge on any atom is 0.325 e. The number of urea groups is 1. The lowest BCUT2D eigenvalue weighted by atomic mass is 9.85. The third kappa shape index (κ3) is 3.85. The standard InChI is InChI=1S/C22H24FN3O3/c1-3-14-22(16-8-6-5-7-9-16)20(28)26(21(29)24-22)15-19(27)25(4-2)18-12-10-17(23)11-13-18/h5-13H,3-4,14-15H2,1-2H3,(H,24,29)/t22-/m0/s1. The molecule has 0 aromatic heterocycles. The summed E-state index contributed by atoms with van der Waals surface area (Å²) < 4.78 is 13.2. The van der Waals surface area contributed by atoms with E-state index in [4.69, 9.17) is 0 Å². The van der Waals surface area contributed by atoms with Crippen LogP contribution < -0.4 is 10.2 Å². The molecular formula is C22H24FN3O3. The van der Waals surface area contributed by atoms with Gasteiger partial charge in [-0.1, -0.05) is 43.7 Å². The van der Waals surface area contributed by atoms with Crippen LogP contribution in [0.5, 0.6) is 0 Å². The third-order valence-electron chi connectivity index (χ3n) is 5.12. The van der Waals surface area contributed by atoms with E-state index in [2.05, 4.69) is 5.32 Å². The van der Waals surface area contributed by atoms with Crippen molar-refractivity contribution in [3.63, 3.8) is 0 Å². The van der Waals surface area contributed by atoms with E-state index in [0.29, 0.717) is 30.6 Å². The van der Waals surface area contributed by atoms with Crippen LogP contribution >= 0.6 is 0 Å². The molecule has 0 bridgehead atoms. The van der Waals surface area contributed by atoms with Crippen molar-refractivity contribution in [2.45, 2.75) is 32.2 Å². The van der Waals surface area contributed by atoms with Crippen LogP contribution in [0, 0.1) is 5.82 Å². The zero-order valence-corrected chi connectivity index (χ0v) is 16.5. The molecule has 3 rings (SSSR count). The molecule has 0 radical (unpaired) electrons. The van der Waals surface area contributed by atoms with Gasteiger partial charge in [0.25, 0.3) is 5.91 Å². The van der Waals surface area contributed by atoms with Gasteiger partial charge in [0.1, 0.15) is 17.9 Å². The van der Waals surface area contributed by atoms with Gasteiger partial charge in [-0.3, -0.25) is 14.5 Å². The first kappa shape index (κ1) is 20.5. The number of rotatable bonds is 7. The highest BCUT2D eigenvalue weighted by atomic mass is 19.1. The van der Waals surface area contributed by atoms with Crippen molar-refractivity contribution in [3.8, 4) is 0 Å². The van der Waals surface area contributed by atoms with Crippen LogP contribution in [-0.4, -0.2) is 35.8 Å². The fraction of sp³-hybridized carbons (Fsp3) is 0.318. The Morgan fingerprint density at radius 1 is 1.07 bits per heavy atom. The summed E-state index contributed by atoms with van der Waals surface area (Å²) in [6.45, 7) is 3.66. The highest BCUT2D eigenvalue weighted by Crippen LogP contribution is 2.33. The van der Waals surface area contributed by atoms with Crippen molar-refractivity contribution in [3.05, 3.63) is 66.0 Å². The van der Waals surface area contributed by atoms with Crippen LogP contribution in [0.15, 0.2) is 54.6 Å². The van der Waals surface area contributed by atoms with E-state index in [-0.39, 0.29) is 6.54 Å². The second-order valence-corrected chi connectivity index (χ2v) is 6.96. The van der Waals surface area contributed by atoms with Crippen molar-refractivity contribution in [2.24, 2.45) is 0 Å². The van der Waals surface area contributed by atoms with Crippen LogP contribution in [0.4, 0.5) is 14.9 Å². The summed E-state index contributed by atoms with van der Waals surface area (Å²) in [6.07, 6.45) is 1.11. The molecule has 1 fully saturated rings. The van der Waals surface area contributed by atoms with Crippen molar-refractivity contribution in [2.75, 3.05) is 18.0 Å². The number of carbonyl (C=O) groups is 3. The van der Waals surface area contributed by atoms with Gasteiger partial charge in [0.15, 0.2) is 0 Å². The monoisotopic (exact) mass is 397 g/mol. The molecule has 1 N–H and O–H groups in total. The molecule has 0 aliphatic carbocycles. The van der Waals surface area contributed by atoms with Crippen LogP contribution in [-0.2, 0) is 15.1 Å². The van der Waals surface area contributed by atoms with E-state index in [1.54, 1.807) is 19.1 Å². The SMILES string of the molecule is CCC[C@@]1(c2ccccc2)NC(=O)N(CC(=O)N(CC)c2ccc(F)cc2)C1=O. The van der Waals surface area contributed by atoms with E-state index < -0.39 is 29.2 Å². The third-order valence-corrected chi connectivity index (χ3v) is 5.12. The highest BCUT2D eigenvalue weighted by Gasteiger charge is 2.52. The number of amides is 4. The molecule has 29 heavy (non-hydrogen) atoms. The maximum atomic E-state index is 13.3. The number of benzene rings is 2. The molecular weight excluding hydrogens is 373 g/mol.